The van der Waals surface area contributed by atoms with Crippen molar-refractivity contribution in [1.29, 1.82) is 0 Å². The molecule has 2 nitrogen and oxygen atoms in total. The Hall–Kier alpha value is -1.06. The summed E-state index contributed by atoms with van der Waals surface area (Å²) in [6.45, 7) is 5.95. The van der Waals surface area contributed by atoms with Gasteiger partial charge in [0.2, 0.25) is 0 Å². The number of nitrogens with zero attached hydrogens (tertiary/aromatic N) is 1. The molecule has 1 aliphatic rings. The number of thiophene rings is 1. The fourth-order valence-corrected chi connectivity index (χ4v) is 4.32. The third kappa shape index (κ3) is 2.49. The van der Waals surface area contributed by atoms with Crippen molar-refractivity contribution in [1.82, 2.24) is 4.90 Å². The molecule has 2 N–H and O–H groups in total. The number of rotatable bonds is 3. The average Bonchev–Trinajstić information content (AvgIpc) is 2.76. The second-order valence-corrected chi connectivity index (χ2v) is 6.58. The summed E-state index contributed by atoms with van der Waals surface area (Å²) in [5.74, 6) is 0.657. The highest BCUT2D eigenvalue weighted by atomic mass is 32.1. The lowest BCUT2D eigenvalue weighted by Crippen LogP contribution is -2.33. The van der Waals surface area contributed by atoms with Crippen LogP contribution in [0, 0.1) is 0 Å². The SMILES string of the molecule is CCCN1CCC(c2c(N)sc3ccccc23)CC1. The van der Waals surface area contributed by atoms with Crippen LogP contribution in [0.5, 0.6) is 0 Å². The van der Waals surface area contributed by atoms with Crippen molar-refractivity contribution in [3.8, 4) is 0 Å². The molecule has 2 heterocycles. The normalized spacial score (nSPS) is 18.2. The fraction of sp³-hybridized carbons (Fsp3) is 0.500. The molecular weight excluding hydrogens is 252 g/mol. The summed E-state index contributed by atoms with van der Waals surface area (Å²) in [6, 6.07) is 8.65. The van der Waals surface area contributed by atoms with Gasteiger partial charge < -0.3 is 10.6 Å². The number of likely N-dealkylation sites (tertiary alicyclic amines) is 1. The number of nitrogens with two attached hydrogens (primary N) is 1. The second kappa shape index (κ2) is 5.51. The van der Waals surface area contributed by atoms with E-state index in [0.29, 0.717) is 5.92 Å². The summed E-state index contributed by atoms with van der Waals surface area (Å²) in [4.78, 5) is 2.58. The van der Waals surface area contributed by atoms with E-state index in [0.717, 1.165) is 5.00 Å². The molecule has 19 heavy (non-hydrogen) atoms. The summed E-state index contributed by atoms with van der Waals surface area (Å²) in [5.41, 5.74) is 7.71. The van der Waals surface area contributed by atoms with Crippen LogP contribution in [0.4, 0.5) is 5.00 Å². The summed E-state index contributed by atoms with van der Waals surface area (Å²) in [7, 11) is 0. The molecule has 0 aliphatic carbocycles. The molecule has 1 fully saturated rings. The lowest BCUT2D eigenvalue weighted by molar-refractivity contribution is 0.213. The molecule has 1 saturated heterocycles. The molecule has 1 aromatic carbocycles. The zero-order valence-electron chi connectivity index (χ0n) is 11.6. The van der Waals surface area contributed by atoms with Gasteiger partial charge in [-0.2, -0.15) is 0 Å². The predicted molar refractivity (Wildman–Crippen MR) is 84.9 cm³/mol. The van der Waals surface area contributed by atoms with Gasteiger partial charge in [-0.25, -0.2) is 0 Å². The molecule has 0 unspecified atom stereocenters. The first kappa shape index (κ1) is 12.9. The van der Waals surface area contributed by atoms with Gasteiger partial charge in [0, 0.05) is 4.70 Å². The van der Waals surface area contributed by atoms with E-state index in [1.165, 1.54) is 54.5 Å². The third-order valence-electron chi connectivity index (χ3n) is 4.20. The molecule has 0 radical (unpaired) electrons. The zero-order valence-corrected chi connectivity index (χ0v) is 12.4. The maximum absolute atomic E-state index is 6.28. The molecule has 3 heteroatoms. The molecule has 0 bridgehead atoms. The predicted octanol–water partition coefficient (Wildman–Crippen LogP) is 4.07. The van der Waals surface area contributed by atoms with Crippen LogP contribution in [-0.2, 0) is 0 Å². The van der Waals surface area contributed by atoms with E-state index in [-0.39, 0.29) is 0 Å². The van der Waals surface area contributed by atoms with E-state index in [2.05, 4.69) is 36.1 Å². The number of piperidine rings is 1. The van der Waals surface area contributed by atoms with Gasteiger partial charge >= 0.3 is 0 Å². The van der Waals surface area contributed by atoms with Gasteiger partial charge in [-0.1, -0.05) is 25.1 Å². The van der Waals surface area contributed by atoms with Crippen molar-refractivity contribution in [3.63, 3.8) is 0 Å². The maximum atomic E-state index is 6.28. The van der Waals surface area contributed by atoms with E-state index >= 15 is 0 Å². The van der Waals surface area contributed by atoms with Crippen LogP contribution in [0.3, 0.4) is 0 Å². The summed E-state index contributed by atoms with van der Waals surface area (Å²) in [5, 5.41) is 2.43. The monoisotopic (exact) mass is 274 g/mol. The van der Waals surface area contributed by atoms with E-state index in [9.17, 15) is 0 Å². The first-order valence-corrected chi connectivity index (χ1v) is 8.10. The fourth-order valence-electron chi connectivity index (χ4n) is 3.27. The minimum absolute atomic E-state index is 0.657. The Morgan fingerprint density at radius 1 is 1.26 bits per heavy atom. The summed E-state index contributed by atoms with van der Waals surface area (Å²) >= 11 is 1.75. The maximum Gasteiger partial charge on any atom is 0.0904 e. The zero-order chi connectivity index (χ0) is 13.2. The van der Waals surface area contributed by atoms with Gasteiger partial charge in [0.25, 0.3) is 0 Å². The standard InChI is InChI=1S/C16H22N2S/c1-2-9-18-10-7-12(8-11-18)15-13-5-3-4-6-14(13)19-16(15)17/h3-6,12H,2,7-11,17H2,1H3. The Morgan fingerprint density at radius 2 is 2.00 bits per heavy atom. The number of hydrogen-bond acceptors (Lipinski definition) is 3. The third-order valence-corrected chi connectivity index (χ3v) is 5.21. The Labute approximate surface area is 119 Å². The topological polar surface area (TPSA) is 29.3 Å². The van der Waals surface area contributed by atoms with Crippen molar-refractivity contribution < 1.29 is 0 Å². The highest BCUT2D eigenvalue weighted by Crippen LogP contribution is 2.41. The van der Waals surface area contributed by atoms with Crippen LogP contribution in [0.1, 0.15) is 37.7 Å². The van der Waals surface area contributed by atoms with Crippen LogP contribution < -0.4 is 5.73 Å². The van der Waals surface area contributed by atoms with Crippen LogP contribution in [-0.4, -0.2) is 24.5 Å². The lowest BCUT2D eigenvalue weighted by atomic mass is 9.88. The van der Waals surface area contributed by atoms with Crippen molar-refractivity contribution in [2.75, 3.05) is 25.4 Å². The molecule has 1 aromatic heterocycles. The van der Waals surface area contributed by atoms with Crippen LogP contribution >= 0.6 is 11.3 Å². The molecule has 2 aromatic rings. The molecule has 0 spiro atoms. The van der Waals surface area contributed by atoms with Crippen LogP contribution in [0.15, 0.2) is 24.3 Å². The van der Waals surface area contributed by atoms with E-state index in [1.807, 2.05) is 0 Å². The Kier molecular flexibility index (Phi) is 3.76. The number of fused-ring (bicyclic) bond motifs is 1. The lowest BCUT2D eigenvalue weighted by Gasteiger charge is -2.32. The molecular formula is C16H22N2S. The van der Waals surface area contributed by atoms with Crippen LogP contribution in [0.25, 0.3) is 10.1 Å². The number of benzene rings is 1. The first-order chi connectivity index (χ1) is 9.29. The number of nitrogen functional groups attached to an aromatic ring is 1. The van der Waals surface area contributed by atoms with Gasteiger partial charge in [0.05, 0.1) is 5.00 Å². The van der Waals surface area contributed by atoms with Gasteiger partial charge in [0.15, 0.2) is 0 Å². The first-order valence-electron chi connectivity index (χ1n) is 7.29. The number of anilines is 1. The molecule has 1 aliphatic heterocycles. The van der Waals surface area contributed by atoms with E-state index < -0.39 is 0 Å². The highest BCUT2D eigenvalue weighted by Gasteiger charge is 2.24. The Bertz CT molecular complexity index is 553. The van der Waals surface area contributed by atoms with E-state index in [1.54, 1.807) is 11.3 Å². The van der Waals surface area contributed by atoms with Gasteiger partial charge in [0.1, 0.15) is 0 Å². The van der Waals surface area contributed by atoms with Crippen molar-refractivity contribution in [2.24, 2.45) is 0 Å². The number of hydrogen-bond donors (Lipinski definition) is 1. The van der Waals surface area contributed by atoms with E-state index in [4.69, 9.17) is 5.73 Å². The van der Waals surface area contributed by atoms with Gasteiger partial charge in [-0.05, 0) is 61.8 Å². The molecule has 0 atom stereocenters. The van der Waals surface area contributed by atoms with Crippen molar-refractivity contribution >= 4 is 26.4 Å². The summed E-state index contributed by atoms with van der Waals surface area (Å²) < 4.78 is 1.34. The quantitative estimate of drug-likeness (QED) is 0.914. The van der Waals surface area contributed by atoms with Crippen molar-refractivity contribution in [3.05, 3.63) is 29.8 Å². The molecule has 0 amide bonds. The molecule has 0 saturated carbocycles. The van der Waals surface area contributed by atoms with Gasteiger partial charge in [-0.3, -0.25) is 0 Å². The van der Waals surface area contributed by atoms with Crippen molar-refractivity contribution in [2.45, 2.75) is 32.1 Å². The molecule has 102 valence electrons. The smallest absolute Gasteiger partial charge is 0.0904 e. The summed E-state index contributed by atoms with van der Waals surface area (Å²) in [6.07, 6.45) is 3.77. The minimum atomic E-state index is 0.657. The highest BCUT2D eigenvalue weighted by molar-refractivity contribution is 7.22. The Balaban J connectivity index is 1.83. The second-order valence-electron chi connectivity index (χ2n) is 5.49. The minimum Gasteiger partial charge on any atom is -0.390 e. The average molecular weight is 274 g/mol. The molecule has 3 rings (SSSR count). The largest absolute Gasteiger partial charge is 0.390 e. The van der Waals surface area contributed by atoms with Gasteiger partial charge in [-0.15, -0.1) is 11.3 Å². The Morgan fingerprint density at radius 3 is 2.74 bits per heavy atom. The van der Waals surface area contributed by atoms with Crippen LogP contribution in [0.2, 0.25) is 0 Å².